The zero-order chi connectivity index (χ0) is 14.9. The molecule has 0 spiro atoms. The van der Waals surface area contributed by atoms with E-state index in [4.69, 9.17) is 10.5 Å². The number of aromatic nitrogens is 1. The number of nitrogens with zero attached hydrogens (tertiary/aromatic N) is 1. The Balaban J connectivity index is 1.74. The van der Waals surface area contributed by atoms with Crippen LogP contribution in [-0.2, 0) is 11.3 Å². The molecular formula is C16H15N3O2. The molecule has 1 aromatic carbocycles. The van der Waals surface area contributed by atoms with E-state index in [2.05, 4.69) is 22.1 Å². The van der Waals surface area contributed by atoms with Crippen molar-refractivity contribution < 1.29 is 9.53 Å². The first-order chi connectivity index (χ1) is 10.3. The molecule has 3 N–H and O–H groups in total. The third-order valence-electron chi connectivity index (χ3n) is 2.58. The molecule has 0 saturated heterocycles. The number of alkyl carbamates (subject to hydrolysis) is 1. The van der Waals surface area contributed by atoms with Gasteiger partial charge in [-0.1, -0.05) is 36.3 Å². The van der Waals surface area contributed by atoms with Crippen LogP contribution >= 0.6 is 0 Å². The molecule has 1 aromatic heterocycles. The monoisotopic (exact) mass is 281 g/mol. The number of benzene rings is 1. The summed E-state index contributed by atoms with van der Waals surface area (Å²) in [5.41, 5.74) is 7.64. The number of carbonyl (C=O) groups is 1. The third-order valence-corrected chi connectivity index (χ3v) is 2.58. The van der Waals surface area contributed by atoms with Crippen molar-refractivity contribution in [1.29, 1.82) is 0 Å². The molecule has 0 unspecified atom stereocenters. The third kappa shape index (κ3) is 4.88. The van der Waals surface area contributed by atoms with Crippen LogP contribution in [0.25, 0.3) is 0 Å². The molecule has 1 heterocycles. The van der Waals surface area contributed by atoms with Gasteiger partial charge in [0.25, 0.3) is 0 Å². The number of rotatable bonds is 3. The molecule has 0 radical (unpaired) electrons. The average molecular weight is 281 g/mol. The highest BCUT2D eigenvalue weighted by Crippen LogP contribution is 2.04. The second-order valence-corrected chi connectivity index (χ2v) is 4.16. The summed E-state index contributed by atoms with van der Waals surface area (Å²) >= 11 is 0. The standard InChI is InChI=1S/C16H15N3O2/c17-14-8-4-10-18-15(14)9-5-11-19-16(20)21-12-13-6-2-1-3-7-13/h1-4,6-8,10H,11-12,17H2,(H,19,20). The number of nitrogens with two attached hydrogens (primary N) is 1. The van der Waals surface area contributed by atoms with Crippen LogP contribution in [0.3, 0.4) is 0 Å². The molecule has 0 atom stereocenters. The van der Waals surface area contributed by atoms with E-state index in [1.807, 2.05) is 30.3 Å². The molecule has 2 aromatic rings. The molecule has 21 heavy (non-hydrogen) atoms. The van der Waals surface area contributed by atoms with Crippen LogP contribution in [0.2, 0.25) is 0 Å². The van der Waals surface area contributed by atoms with Gasteiger partial charge in [-0.3, -0.25) is 0 Å². The van der Waals surface area contributed by atoms with Gasteiger partial charge in [0.2, 0.25) is 0 Å². The number of nitrogens with one attached hydrogen (secondary N) is 1. The largest absolute Gasteiger partial charge is 0.445 e. The molecule has 0 aliphatic carbocycles. The Morgan fingerprint density at radius 1 is 1.24 bits per heavy atom. The number of ether oxygens (including phenoxy) is 1. The number of hydrogen-bond acceptors (Lipinski definition) is 4. The zero-order valence-corrected chi connectivity index (χ0v) is 11.4. The van der Waals surface area contributed by atoms with E-state index in [9.17, 15) is 4.79 Å². The number of pyridine rings is 1. The van der Waals surface area contributed by atoms with Crippen LogP contribution in [0, 0.1) is 11.8 Å². The van der Waals surface area contributed by atoms with Crippen molar-refractivity contribution in [2.45, 2.75) is 6.61 Å². The second kappa shape index (κ2) is 7.56. The predicted octanol–water partition coefficient (Wildman–Crippen LogP) is 1.94. The summed E-state index contributed by atoms with van der Waals surface area (Å²) in [5, 5.41) is 2.54. The van der Waals surface area contributed by atoms with Crippen molar-refractivity contribution in [1.82, 2.24) is 10.3 Å². The van der Waals surface area contributed by atoms with Crippen LogP contribution in [0.15, 0.2) is 48.7 Å². The highest BCUT2D eigenvalue weighted by atomic mass is 16.5. The molecule has 1 amide bonds. The van der Waals surface area contributed by atoms with Crippen molar-refractivity contribution >= 4 is 11.8 Å². The van der Waals surface area contributed by atoms with E-state index in [0.717, 1.165) is 5.56 Å². The van der Waals surface area contributed by atoms with Crippen molar-refractivity contribution in [3.05, 3.63) is 59.9 Å². The van der Waals surface area contributed by atoms with E-state index in [0.29, 0.717) is 11.4 Å². The minimum absolute atomic E-state index is 0.170. The number of hydrogen-bond donors (Lipinski definition) is 2. The summed E-state index contributed by atoms with van der Waals surface area (Å²) in [6, 6.07) is 12.9. The fourth-order valence-corrected chi connectivity index (χ4v) is 1.54. The minimum atomic E-state index is -0.512. The Bertz CT molecular complexity index is 660. The molecule has 106 valence electrons. The Morgan fingerprint density at radius 2 is 2.05 bits per heavy atom. The lowest BCUT2D eigenvalue weighted by atomic mass is 10.2. The van der Waals surface area contributed by atoms with Gasteiger partial charge in [-0.2, -0.15) is 0 Å². The van der Waals surface area contributed by atoms with E-state index in [-0.39, 0.29) is 13.2 Å². The summed E-state index contributed by atoms with van der Waals surface area (Å²) < 4.78 is 5.05. The van der Waals surface area contributed by atoms with Crippen LogP contribution in [0.5, 0.6) is 0 Å². The van der Waals surface area contributed by atoms with Gasteiger partial charge >= 0.3 is 6.09 Å². The summed E-state index contributed by atoms with van der Waals surface area (Å²) in [7, 11) is 0. The fraction of sp³-hybridized carbons (Fsp3) is 0.125. The van der Waals surface area contributed by atoms with Crippen molar-refractivity contribution in [2.24, 2.45) is 0 Å². The molecule has 0 aliphatic heterocycles. The van der Waals surface area contributed by atoms with Gasteiger partial charge in [0.1, 0.15) is 12.3 Å². The van der Waals surface area contributed by atoms with Gasteiger partial charge < -0.3 is 15.8 Å². The SMILES string of the molecule is Nc1cccnc1C#CCNC(=O)OCc1ccccc1. The first-order valence-electron chi connectivity index (χ1n) is 6.39. The Labute approximate surface area is 123 Å². The molecular weight excluding hydrogens is 266 g/mol. The molecule has 5 heteroatoms. The highest BCUT2D eigenvalue weighted by Gasteiger charge is 2.00. The van der Waals surface area contributed by atoms with Gasteiger partial charge in [0.05, 0.1) is 12.2 Å². The Kier molecular flexibility index (Phi) is 5.18. The molecule has 0 aliphatic rings. The zero-order valence-electron chi connectivity index (χ0n) is 11.4. The Hall–Kier alpha value is -3.00. The fourth-order valence-electron chi connectivity index (χ4n) is 1.54. The van der Waals surface area contributed by atoms with Crippen LogP contribution < -0.4 is 11.1 Å². The van der Waals surface area contributed by atoms with Crippen LogP contribution in [0.1, 0.15) is 11.3 Å². The molecule has 5 nitrogen and oxygen atoms in total. The smallest absolute Gasteiger partial charge is 0.408 e. The summed E-state index contributed by atoms with van der Waals surface area (Å²) in [4.78, 5) is 15.5. The van der Waals surface area contributed by atoms with E-state index < -0.39 is 6.09 Å². The van der Waals surface area contributed by atoms with Crippen molar-refractivity contribution in [3.63, 3.8) is 0 Å². The predicted molar refractivity (Wildman–Crippen MR) is 80.2 cm³/mol. The van der Waals surface area contributed by atoms with Gasteiger partial charge in [-0.25, -0.2) is 9.78 Å². The maximum atomic E-state index is 11.5. The number of amides is 1. The first-order valence-corrected chi connectivity index (χ1v) is 6.39. The molecule has 0 bridgehead atoms. The van der Waals surface area contributed by atoms with Crippen molar-refractivity contribution in [2.75, 3.05) is 12.3 Å². The van der Waals surface area contributed by atoms with Gasteiger partial charge in [-0.15, -0.1) is 0 Å². The summed E-state index contributed by atoms with van der Waals surface area (Å²) in [6.07, 6.45) is 1.10. The number of nitrogen functional groups attached to an aromatic ring is 1. The van der Waals surface area contributed by atoms with E-state index in [1.54, 1.807) is 18.3 Å². The lowest BCUT2D eigenvalue weighted by Crippen LogP contribution is -2.24. The van der Waals surface area contributed by atoms with Gasteiger partial charge in [0, 0.05) is 6.20 Å². The van der Waals surface area contributed by atoms with Gasteiger partial charge in [0.15, 0.2) is 0 Å². The average Bonchev–Trinajstić information content (AvgIpc) is 2.52. The topological polar surface area (TPSA) is 77.2 Å². The molecule has 0 saturated carbocycles. The summed E-state index contributed by atoms with van der Waals surface area (Å²) in [5.74, 6) is 5.55. The van der Waals surface area contributed by atoms with E-state index >= 15 is 0 Å². The maximum Gasteiger partial charge on any atom is 0.408 e. The lowest BCUT2D eigenvalue weighted by molar-refractivity contribution is 0.141. The lowest BCUT2D eigenvalue weighted by Gasteiger charge is -2.04. The quantitative estimate of drug-likeness (QED) is 0.843. The van der Waals surface area contributed by atoms with E-state index in [1.165, 1.54) is 0 Å². The number of anilines is 1. The number of carbonyl (C=O) groups excluding carboxylic acids is 1. The normalized spacial score (nSPS) is 9.33. The minimum Gasteiger partial charge on any atom is -0.445 e. The van der Waals surface area contributed by atoms with Crippen LogP contribution in [-0.4, -0.2) is 17.6 Å². The van der Waals surface area contributed by atoms with Crippen molar-refractivity contribution in [3.8, 4) is 11.8 Å². The summed E-state index contributed by atoms with van der Waals surface area (Å²) in [6.45, 7) is 0.400. The molecule has 0 fully saturated rings. The highest BCUT2D eigenvalue weighted by molar-refractivity contribution is 5.67. The second-order valence-electron chi connectivity index (χ2n) is 4.16. The maximum absolute atomic E-state index is 11.5. The van der Waals surface area contributed by atoms with Crippen LogP contribution in [0.4, 0.5) is 10.5 Å². The Morgan fingerprint density at radius 3 is 2.81 bits per heavy atom. The molecule has 2 rings (SSSR count). The first kappa shape index (κ1) is 14.4. The van der Waals surface area contributed by atoms with Gasteiger partial charge in [-0.05, 0) is 23.6 Å².